The molecule has 1 aliphatic rings. The van der Waals surface area contributed by atoms with E-state index in [1.807, 2.05) is 0 Å². The van der Waals surface area contributed by atoms with Crippen LogP contribution in [0.5, 0.6) is 0 Å². The smallest absolute Gasteiger partial charge is 0.0261 e. The molecule has 0 aliphatic carbocycles. The number of alkyl halides is 1. The van der Waals surface area contributed by atoms with Crippen molar-refractivity contribution in [2.24, 2.45) is 5.92 Å². The molecule has 1 unspecified atom stereocenters. The molecule has 1 fully saturated rings. The van der Waals surface area contributed by atoms with Gasteiger partial charge in [-0.2, -0.15) is 0 Å². The van der Waals surface area contributed by atoms with E-state index in [-0.39, 0.29) is 0 Å². The number of nitrogens with zero attached hydrogens (tertiary/aromatic N) is 2. The topological polar surface area (TPSA) is 6.48 Å². The van der Waals surface area contributed by atoms with Gasteiger partial charge in [-0.05, 0) is 18.9 Å². The molecule has 0 N–H and O–H groups in total. The molecule has 0 radical (unpaired) electrons. The molecule has 0 saturated carbocycles. The molecule has 0 bridgehead atoms. The van der Waals surface area contributed by atoms with E-state index in [4.69, 9.17) is 11.6 Å². The zero-order valence-electron chi connectivity index (χ0n) is 9.51. The van der Waals surface area contributed by atoms with Gasteiger partial charge in [0.1, 0.15) is 0 Å². The minimum absolute atomic E-state index is 0.634. The number of hydrogen-bond donors (Lipinski definition) is 0. The summed E-state index contributed by atoms with van der Waals surface area (Å²) < 4.78 is 0. The molecule has 0 aromatic carbocycles. The zero-order chi connectivity index (χ0) is 10.4. The van der Waals surface area contributed by atoms with Gasteiger partial charge in [0.25, 0.3) is 0 Å². The van der Waals surface area contributed by atoms with Crippen LogP contribution in [-0.2, 0) is 0 Å². The third kappa shape index (κ3) is 4.16. The van der Waals surface area contributed by atoms with Gasteiger partial charge in [0.05, 0.1) is 0 Å². The molecule has 14 heavy (non-hydrogen) atoms. The fourth-order valence-electron chi connectivity index (χ4n) is 2.00. The zero-order valence-corrected chi connectivity index (χ0v) is 10.3. The van der Waals surface area contributed by atoms with Crippen LogP contribution in [0.25, 0.3) is 0 Å². The molecule has 0 spiro atoms. The SMILES string of the molecule is CCCN1CCN(CC(C)CCl)CC1. The van der Waals surface area contributed by atoms with Crippen LogP contribution < -0.4 is 0 Å². The Morgan fingerprint density at radius 3 is 2.21 bits per heavy atom. The second-order valence-corrected chi connectivity index (χ2v) is 4.71. The van der Waals surface area contributed by atoms with E-state index in [9.17, 15) is 0 Å². The van der Waals surface area contributed by atoms with E-state index < -0.39 is 0 Å². The average molecular weight is 219 g/mol. The van der Waals surface area contributed by atoms with Crippen LogP contribution in [-0.4, -0.2) is 54.9 Å². The Bertz CT molecular complexity index is 144. The minimum atomic E-state index is 0.634. The predicted molar refractivity (Wildman–Crippen MR) is 63.1 cm³/mol. The second kappa shape index (κ2) is 6.65. The first kappa shape index (κ1) is 12.3. The molecule has 1 heterocycles. The van der Waals surface area contributed by atoms with Crippen molar-refractivity contribution in [1.82, 2.24) is 9.80 Å². The molecule has 2 nitrogen and oxygen atoms in total. The van der Waals surface area contributed by atoms with Gasteiger partial charge < -0.3 is 9.80 Å². The first-order valence-corrected chi connectivity index (χ1v) is 6.30. The molecule has 1 saturated heterocycles. The van der Waals surface area contributed by atoms with Crippen molar-refractivity contribution in [3.8, 4) is 0 Å². The van der Waals surface area contributed by atoms with Gasteiger partial charge in [-0.3, -0.25) is 0 Å². The summed E-state index contributed by atoms with van der Waals surface area (Å²) in [6.45, 7) is 11.8. The van der Waals surface area contributed by atoms with Crippen LogP contribution in [0.2, 0.25) is 0 Å². The number of halogens is 1. The lowest BCUT2D eigenvalue weighted by Crippen LogP contribution is -2.47. The monoisotopic (exact) mass is 218 g/mol. The van der Waals surface area contributed by atoms with Crippen LogP contribution in [0, 0.1) is 5.92 Å². The summed E-state index contributed by atoms with van der Waals surface area (Å²) in [7, 11) is 0. The highest BCUT2D eigenvalue weighted by Gasteiger charge is 2.17. The Balaban J connectivity index is 2.15. The van der Waals surface area contributed by atoms with E-state index in [0.29, 0.717) is 5.92 Å². The van der Waals surface area contributed by atoms with Crippen molar-refractivity contribution in [2.75, 3.05) is 45.1 Å². The first-order chi connectivity index (χ1) is 6.76. The second-order valence-electron chi connectivity index (χ2n) is 4.40. The number of rotatable bonds is 5. The average Bonchev–Trinajstić information content (AvgIpc) is 2.21. The molecule has 0 aromatic heterocycles. The Morgan fingerprint density at radius 2 is 1.71 bits per heavy atom. The molecule has 0 aromatic rings. The quantitative estimate of drug-likeness (QED) is 0.651. The van der Waals surface area contributed by atoms with Crippen LogP contribution in [0.15, 0.2) is 0 Å². The third-order valence-corrected chi connectivity index (χ3v) is 3.36. The van der Waals surface area contributed by atoms with Crippen LogP contribution in [0.3, 0.4) is 0 Å². The van der Waals surface area contributed by atoms with Crippen molar-refractivity contribution in [3.63, 3.8) is 0 Å². The van der Waals surface area contributed by atoms with Gasteiger partial charge in [0.2, 0.25) is 0 Å². The van der Waals surface area contributed by atoms with E-state index in [1.54, 1.807) is 0 Å². The highest BCUT2D eigenvalue weighted by atomic mass is 35.5. The van der Waals surface area contributed by atoms with E-state index in [1.165, 1.54) is 45.7 Å². The van der Waals surface area contributed by atoms with Gasteiger partial charge in [0, 0.05) is 38.6 Å². The molecular weight excluding hydrogens is 196 g/mol. The Kier molecular flexibility index (Phi) is 5.83. The van der Waals surface area contributed by atoms with Crippen LogP contribution in [0.4, 0.5) is 0 Å². The van der Waals surface area contributed by atoms with Gasteiger partial charge in [-0.15, -0.1) is 11.6 Å². The Morgan fingerprint density at radius 1 is 1.14 bits per heavy atom. The van der Waals surface area contributed by atoms with E-state index >= 15 is 0 Å². The lowest BCUT2D eigenvalue weighted by molar-refractivity contribution is 0.123. The van der Waals surface area contributed by atoms with Crippen molar-refractivity contribution in [3.05, 3.63) is 0 Å². The van der Waals surface area contributed by atoms with Crippen LogP contribution >= 0.6 is 11.6 Å². The fraction of sp³-hybridized carbons (Fsp3) is 1.00. The van der Waals surface area contributed by atoms with Crippen molar-refractivity contribution < 1.29 is 0 Å². The summed E-state index contributed by atoms with van der Waals surface area (Å²) in [6, 6.07) is 0. The summed E-state index contributed by atoms with van der Waals surface area (Å²) in [5, 5.41) is 0. The lowest BCUT2D eigenvalue weighted by Gasteiger charge is -2.35. The van der Waals surface area contributed by atoms with Crippen molar-refractivity contribution >= 4 is 11.6 Å². The van der Waals surface area contributed by atoms with Gasteiger partial charge >= 0.3 is 0 Å². The highest BCUT2D eigenvalue weighted by molar-refractivity contribution is 6.18. The van der Waals surface area contributed by atoms with Gasteiger partial charge in [0.15, 0.2) is 0 Å². The molecule has 84 valence electrons. The highest BCUT2D eigenvalue weighted by Crippen LogP contribution is 2.07. The lowest BCUT2D eigenvalue weighted by atomic mass is 10.2. The fourth-order valence-corrected chi connectivity index (χ4v) is 2.10. The maximum Gasteiger partial charge on any atom is 0.0261 e. The summed E-state index contributed by atoms with van der Waals surface area (Å²) in [4.78, 5) is 5.10. The summed E-state index contributed by atoms with van der Waals surface area (Å²) in [6.07, 6.45) is 1.28. The first-order valence-electron chi connectivity index (χ1n) is 5.77. The number of piperazine rings is 1. The molecule has 1 aliphatic heterocycles. The van der Waals surface area contributed by atoms with Crippen molar-refractivity contribution in [2.45, 2.75) is 20.3 Å². The van der Waals surface area contributed by atoms with Crippen LogP contribution in [0.1, 0.15) is 20.3 Å². The summed E-state index contributed by atoms with van der Waals surface area (Å²) in [5.41, 5.74) is 0. The maximum atomic E-state index is 5.81. The minimum Gasteiger partial charge on any atom is -0.301 e. The molecule has 1 atom stereocenters. The standard InChI is InChI=1S/C11H23ClN2/c1-3-4-13-5-7-14(8-6-13)10-11(2)9-12/h11H,3-10H2,1-2H3. The summed E-state index contributed by atoms with van der Waals surface area (Å²) >= 11 is 5.81. The predicted octanol–water partition coefficient (Wildman–Crippen LogP) is 1.89. The van der Waals surface area contributed by atoms with Crippen molar-refractivity contribution in [1.29, 1.82) is 0 Å². The molecule has 0 amide bonds. The van der Waals surface area contributed by atoms with Gasteiger partial charge in [-0.25, -0.2) is 0 Å². The number of hydrogen-bond acceptors (Lipinski definition) is 2. The Hall–Kier alpha value is 0.210. The molecular formula is C11H23ClN2. The Labute approximate surface area is 93.2 Å². The largest absolute Gasteiger partial charge is 0.301 e. The maximum absolute atomic E-state index is 5.81. The van der Waals surface area contributed by atoms with Gasteiger partial charge in [-0.1, -0.05) is 13.8 Å². The van der Waals surface area contributed by atoms with E-state index in [0.717, 1.165) is 5.88 Å². The molecule has 1 rings (SSSR count). The normalized spacial score (nSPS) is 22.5. The summed E-state index contributed by atoms with van der Waals surface area (Å²) in [5.74, 6) is 1.42. The third-order valence-electron chi connectivity index (χ3n) is 2.84. The van der Waals surface area contributed by atoms with E-state index in [2.05, 4.69) is 23.6 Å². The molecule has 3 heteroatoms.